The predicted molar refractivity (Wildman–Crippen MR) is 94.1 cm³/mol. The number of hydrogen-bond donors (Lipinski definition) is 2. The number of nitrogens with zero attached hydrogens (tertiary/aromatic N) is 3. The molecule has 7 nitrogen and oxygen atoms in total. The zero-order chi connectivity index (χ0) is 16.9. The molecule has 1 fully saturated rings. The van der Waals surface area contributed by atoms with E-state index in [0.29, 0.717) is 36.5 Å². The fourth-order valence-corrected chi connectivity index (χ4v) is 3.28. The van der Waals surface area contributed by atoms with E-state index < -0.39 is 0 Å². The minimum Gasteiger partial charge on any atom is -0.383 e. The van der Waals surface area contributed by atoms with E-state index in [0.717, 1.165) is 44.6 Å². The van der Waals surface area contributed by atoms with Crippen molar-refractivity contribution in [1.29, 1.82) is 0 Å². The summed E-state index contributed by atoms with van der Waals surface area (Å²) in [5, 5.41) is 3.23. The summed E-state index contributed by atoms with van der Waals surface area (Å²) >= 11 is 0. The second kappa shape index (κ2) is 7.79. The van der Waals surface area contributed by atoms with Gasteiger partial charge in [-0.25, -0.2) is 0 Å². The smallest absolute Gasteiger partial charge is 0.232 e. The topological polar surface area (TPSA) is 93.4 Å². The summed E-state index contributed by atoms with van der Waals surface area (Å²) in [7, 11) is 0. The lowest BCUT2D eigenvalue weighted by Crippen LogP contribution is -2.35. The molecule has 3 heterocycles. The van der Waals surface area contributed by atoms with Crippen molar-refractivity contribution in [2.45, 2.75) is 45.4 Å². The van der Waals surface area contributed by atoms with Crippen molar-refractivity contribution < 1.29 is 9.53 Å². The summed E-state index contributed by atoms with van der Waals surface area (Å²) in [6.07, 6.45) is 5.69. The van der Waals surface area contributed by atoms with Gasteiger partial charge in [0.25, 0.3) is 0 Å². The molecule has 24 heavy (non-hydrogen) atoms. The van der Waals surface area contributed by atoms with Crippen LogP contribution >= 0.6 is 0 Å². The zero-order valence-corrected chi connectivity index (χ0v) is 14.4. The van der Waals surface area contributed by atoms with Crippen LogP contribution in [0.4, 0.5) is 17.6 Å². The average Bonchev–Trinajstić information content (AvgIpc) is 2.90. The summed E-state index contributed by atoms with van der Waals surface area (Å²) < 4.78 is 5.40. The fraction of sp³-hybridized carbons (Fsp3) is 0.706. The number of ether oxygens (including phenoxy) is 1. The zero-order valence-electron chi connectivity index (χ0n) is 14.4. The molecule has 0 bridgehead atoms. The highest BCUT2D eigenvalue weighted by molar-refractivity contribution is 6.01. The van der Waals surface area contributed by atoms with E-state index in [1.807, 2.05) is 0 Å². The third-order valence-electron chi connectivity index (χ3n) is 4.75. The molecule has 3 rings (SSSR count). The number of aromatic nitrogens is 2. The SMILES string of the molecule is CCCCCNc1nc(N)c2c(n1)N(CC1CCOCC1)C(=O)C2. The molecule has 2 aliphatic heterocycles. The molecule has 0 spiro atoms. The maximum atomic E-state index is 12.4. The van der Waals surface area contributed by atoms with E-state index >= 15 is 0 Å². The van der Waals surface area contributed by atoms with Crippen LogP contribution in [0.1, 0.15) is 44.6 Å². The molecule has 3 N–H and O–H groups in total. The van der Waals surface area contributed by atoms with E-state index in [2.05, 4.69) is 22.2 Å². The summed E-state index contributed by atoms with van der Waals surface area (Å²) in [4.78, 5) is 23.1. The minimum absolute atomic E-state index is 0.0700. The van der Waals surface area contributed by atoms with Gasteiger partial charge in [-0.15, -0.1) is 0 Å². The monoisotopic (exact) mass is 333 g/mol. The van der Waals surface area contributed by atoms with Crippen LogP contribution < -0.4 is 16.0 Å². The fourth-order valence-electron chi connectivity index (χ4n) is 3.28. The van der Waals surface area contributed by atoms with Crippen LogP contribution in [0.15, 0.2) is 0 Å². The summed E-state index contributed by atoms with van der Waals surface area (Å²) in [6.45, 7) is 5.23. The quantitative estimate of drug-likeness (QED) is 0.741. The lowest BCUT2D eigenvalue weighted by Gasteiger charge is -2.27. The van der Waals surface area contributed by atoms with E-state index in [4.69, 9.17) is 10.5 Å². The Labute approximate surface area is 143 Å². The number of anilines is 3. The Morgan fingerprint density at radius 2 is 2.08 bits per heavy atom. The second-order valence-corrected chi connectivity index (χ2v) is 6.61. The Kier molecular flexibility index (Phi) is 5.50. The first-order chi connectivity index (χ1) is 11.7. The Morgan fingerprint density at radius 1 is 1.29 bits per heavy atom. The number of amides is 1. The van der Waals surface area contributed by atoms with Gasteiger partial charge in [-0.3, -0.25) is 9.69 Å². The lowest BCUT2D eigenvalue weighted by molar-refractivity contribution is -0.117. The summed E-state index contributed by atoms with van der Waals surface area (Å²) in [6, 6.07) is 0. The molecule has 0 radical (unpaired) electrons. The summed E-state index contributed by atoms with van der Waals surface area (Å²) in [5.41, 5.74) is 6.84. The van der Waals surface area contributed by atoms with Crippen molar-refractivity contribution in [2.75, 3.05) is 42.3 Å². The third-order valence-corrected chi connectivity index (χ3v) is 4.75. The van der Waals surface area contributed by atoms with Gasteiger partial charge in [0.2, 0.25) is 11.9 Å². The standard InChI is InChI=1S/C17H27N5O2/c1-2-3-4-7-19-17-20-15(18)13-10-14(23)22(16(13)21-17)11-12-5-8-24-9-6-12/h12H,2-11H2,1H3,(H3,18,19,20,21). The number of nitrogen functional groups attached to an aromatic ring is 1. The Balaban J connectivity index is 1.72. The van der Waals surface area contributed by atoms with Gasteiger partial charge in [-0.2, -0.15) is 9.97 Å². The molecule has 132 valence electrons. The largest absolute Gasteiger partial charge is 0.383 e. The van der Waals surface area contributed by atoms with Crippen molar-refractivity contribution in [2.24, 2.45) is 5.92 Å². The molecule has 1 saturated heterocycles. The molecule has 0 aromatic carbocycles. The highest BCUT2D eigenvalue weighted by atomic mass is 16.5. The maximum Gasteiger partial charge on any atom is 0.232 e. The maximum absolute atomic E-state index is 12.4. The Hall–Kier alpha value is -1.89. The second-order valence-electron chi connectivity index (χ2n) is 6.61. The molecule has 0 unspecified atom stereocenters. The van der Waals surface area contributed by atoms with E-state index in [1.54, 1.807) is 4.90 Å². The number of carbonyl (C=O) groups is 1. The highest BCUT2D eigenvalue weighted by Gasteiger charge is 2.33. The summed E-state index contributed by atoms with van der Waals surface area (Å²) in [5.74, 6) is 2.17. The molecule has 7 heteroatoms. The van der Waals surface area contributed by atoms with E-state index in [1.165, 1.54) is 12.8 Å². The van der Waals surface area contributed by atoms with Crippen LogP contribution in [0.2, 0.25) is 0 Å². The van der Waals surface area contributed by atoms with Crippen molar-refractivity contribution in [1.82, 2.24) is 9.97 Å². The van der Waals surface area contributed by atoms with Gasteiger partial charge in [0.1, 0.15) is 11.6 Å². The van der Waals surface area contributed by atoms with Gasteiger partial charge in [0.05, 0.1) is 6.42 Å². The van der Waals surface area contributed by atoms with Crippen LogP contribution in [-0.2, 0) is 16.0 Å². The van der Waals surface area contributed by atoms with Crippen LogP contribution in [-0.4, -0.2) is 42.2 Å². The lowest BCUT2D eigenvalue weighted by atomic mass is 10.00. The minimum atomic E-state index is 0.0700. The number of fused-ring (bicyclic) bond motifs is 1. The average molecular weight is 333 g/mol. The van der Waals surface area contributed by atoms with Gasteiger partial charge in [0, 0.05) is 31.9 Å². The molecule has 0 saturated carbocycles. The molecule has 0 atom stereocenters. The molecular weight excluding hydrogens is 306 g/mol. The van der Waals surface area contributed by atoms with Crippen molar-refractivity contribution >= 4 is 23.5 Å². The first-order valence-corrected chi connectivity index (χ1v) is 8.97. The normalized spacial score (nSPS) is 18.0. The first-order valence-electron chi connectivity index (χ1n) is 8.97. The van der Waals surface area contributed by atoms with E-state index in [-0.39, 0.29) is 5.91 Å². The Bertz CT molecular complexity index is 587. The molecule has 1 aromatic heterocycles. The number of nitrogens with one attached hydrogen (secondary N) is 1. The first kappa shape index (κ1) is 17.0. The van der Waals surface area contributed by atoms with Crippen molar-refractivity contribution in [3.05, 3.63) is 5.56 Å². The number of unbranched alkanes of at least 4 members (excludes halogenated alkanes) is 2. The van der Waals surface area contributed by atoms with Gasteiger partial charge in [-0.05, 0) is 25.2 Å². The van der Waals surface area contributed by atoms with Crippen molar-refractivity contribution in [3.8, 4) is 0 Å². The van der Waals surface area contributed by atoms with Crippen molar-refractivity contribution in [3.63, 3.8) is 0 Å². The molecule has 2 aliphatic rings. The number of carbonyl (C=O) groups excluding carboxylic acids is 1. The number of nitrogens with two attached hydrogens (primary N) is 1. The molecule has 1 amide bonds. The van der Waals surface area contributed by atoms with Gasteiger partial charge in [-0.1, -0.05) is 19.8 Å². The number of rotatable bonds is 7. The van der Waals surface area contributed by atoms with Gasteiger partial charge < -0.3 is 15.8 Å². The van der Waals surface area contributed by atoms with Crippen LogP contribution in [0.25, 0.3) is 0 Å². The van der Waals surface area contributed by atoms with Crippen LogP contribution in [0.3, 0.4) is 0 Å². The van der Waals surface area contributed by atoms with Gasteiger partial charge in [0.15, 0.2) is 0 Å². The molecule has 0 aliphatic carbocycles. The van der Waals surface area contributed by atoms with Crippen LogP contribution in [0, 0.1) is 5.92 Å². The highest BCUT2D eigenvalue weighted by Crippen LogP contribution is 2.33. The third kappa shape index (κ3) is 3.77. The number of hydrogen-bond acceptors (Lipinski definition) is 6. The molecular formula is C17H27N5O2. The predicted octanol–water partition coefficient (Wildman–Crippen LogP) is 1.98. The Morgan fingerprint density at radius 3 is 2.83 bits per heavy atom. The van der Waals surface area contributed by atoms with Crippen LogP contribution in [0.5, 0.6) is 0 Å². The van der Waals surface area contributed by atoms with E-state index in [9.17, 15) is 4.79 Å². The van der Waals surface area contributed by atoms with Gasteiger partial charge >= 0.3 is 0 Å². The molecule has 1 aromatic rings.